The van der Waals surface area contributed by atoms with Crippen LogP contribution < -0.4 is 11.1 Å². The first-order chi connectivity index (χ1) is 7.75. The third-order valence-corrected chi connectivity index (χ3v) is 3.25. The third kappa shape index (κ3) is 3.03. The first-order valence-electron chi connectivity index (χ1n) is 5.77. The molecule has 88 valence electrons. The summed E-state index contributed by atoms with van der Waals surface area (Å²) in [4.78, 5) is 2.47. The molecule has 4 heteroatoms. The lowest BCUT2D eigenvalue weighted by Crippen LogP contribution is -2.25. The molecule has 0 spiro atoms. The van der Waals surface area contributed by atoms with Crippen molar-refractivity contribution in [1.29, 1.82) is 0 Å². The quantitative estimate of drug-likeness (QED) is 0.793. The number of hydrogen-bond donors (Lipinski definition) is 2. The highest BCUT2D eigenvalue weighted by Crippen LogP contribution is 2.23. The minimum absolute atomic E-state index is 0.696. The number of hydrogen-bond acceptors (Lipinski definition) is 3. The lowest BCUT2D eigenvalue weighted by Gasteiger charge is -2.15. The van der Waals surface area contributed by atoms with Gasteiger partial charge in [-0.3, -0.25) is 0 Å². The van der Waals surface area contributed by atoms with E-state index in [4.69, 9.17) is 17.3 Å². The summed E-state index contributed by atoms with van der Waals surface area (Å²) in [5, 5.41) is 4.03. The molecule has 1 heterocycles. The van der Waals surface area contributed by atoms with Crippen LogP contribution in [0.1, 0.15) is 12.8 Å². The van der Waals surface area contributed by atoms with E-state index in [-0.39, 0.29) is 0 Å². The molecule has 0 unspecified atom stereocenters. The number of rotatable bonds is 4. The fraction of sp³-hybridized carbons (Fsp3) is 0.500. The van der Waals surface area contributed by atoms with Crippen LogP contribution in [0.15, 0.2) is 18.2 Å². The molecule has 1 aromatic carbocycles. The second-order valence-corrected chi connectivity index (χ2v) is 4.62. The number of halogens is 1. The number of nitrogen functional groups attached to an aromatic ring is 1. The molecule has 0 bridgehead atoms. The predicted molar refractivity (Wildman–Crippen MR) is 70.0 cm³/mol. The maximum atomic E-state index is 6.07. The topological polar surface area (TPSA) is 41.3 Å². The van der Waals surface area contributed by atoms with E-state index in [0.717, 1.165) is 18.8 Å². The Kier molecular flexibility index (Phi) is 3.91. The highest BCUT2D eigenvalue weighted by Gasteiger charge is 2.10. The number of benzene rings is 1. The van der Waals surface area contributed by atoms with E-state index in [0.29, 0.717) is 10.7 Å². The fourth-order valence-corrected chi connectivity index (χ4v) is 2.29. The van der Waals surface area contributed by atoms with Gasteiger partial charge in [0.05, 0.1) is 10.7 Å². The summed E-state index contributed by atoms with van der Waals surface area (Å²) in [6.07, 6.45) is 2.67. The summed E-state index contributed by atoms with van der Waals surface area (Å²) in [6.45, 7) is 4.48. The van der Waals surface area contributed by atoms with Gasteiger partial charge in [-0.1, -0.05) is 11.6 Å². The lowest BCUT2D eigenvalue weighted by molar-refractivity contribution is 0.352. The Morgan fingerprint density at radius 3 is 2.75 bits per heavy atom. The summed E-state index contributed by atoms with van der Waals surface area (Å²) in [7, 11) is 0. The molecule has 1 aliphatic heterocycles. The Balaban J connectivity index is 1.80. The molecule has 16 heavy (non-hydrogen) atoms. The molecular formula is C12H18ClN3. The van der Waals surface area contributed by atoms with E-state index in [2.05, 4.69) is 10.2 Å². The van der Waals surface area contributed by atoms with Gasteiger partial charge in [0.1, 0.15) is 0 Å². The van der Waals surface area contributed by atoms with Crippen molar-refractivity contribution < 1.29 is 0 Å². The van der Waals surface area contributed by atoms with Crippen LogP contribution in [0.2, 0.25) is 5.02 Å². The van der Waals surface area contributed by atoms with Gasteiger partial charge in [0, 0.05) is 18.8 Å². The maximum Gasteiger partial charge on any atom is 0.0657 e. The van der Waals surface area contributed by atoms with Crippen molar-refractivity contribution >= 4 is 23.0 Å². The Morgan fingerprint density at radius 2 is 2.06 bits per heavy atom. The van der Waals surface area contributed by atoms with E-state index in [1.54, 1.807) is 6.07 Å². The maximum absolute atomic E-state index is 6.07. The zero-order valence-electron chi connectivity index (χ0n) is 9.38. The van der Waals surface area contributed by atoms with Crippen molar-refractivity contribution in [2.45, 2.75) is 12.8 Å². The van der Waals surface area contributed by atoms with Crippen LogP contribution in [0.3, 0.4) is 0 Å². The summed E-state index contributed by atoms with van der Waals surface area (Å²) < 4.78 is 0. The highest BCUT2D eigenvalue weighted by atomic mass is 35.5. The smallest absolute Gasteiger partial charge is 0.0657 e. The molecule has 1 aromatic rings. The summed E-state index contributed by atoms with van der Waals surface area (Å²) in [5.74, 6) is 0. The van der Waals surface area contributed by atoms with Crippen LogP contribution in [0.5, 0.6) is 0 Å². The Labute approximate surface area is 102 Å². The molecule has 0 atom stereocenters. The van der Waals surface area contributed by atoms with Crippen LogP contribution in [0, 0.1) is 0 Å². The number of nitrogens with zero attached hydrogens (tertiary/aromatic N) is 1. The molecule has 2 rings (SSSR count). The lowest BCUT2D eigenvalue weighted by atomic mass is 10.3. The molecule has 0 saturated carbocycles. The van der Waals surface area contributed by atoms with Gasteiger partial charge in [0.15, 0.2) is 0 Å². The molecule has 1 aliphatic rings. The van der Waals surface area contributed by atoms with Crippen LogP contribution in [0.25, 0.3) is 0 Å². The SMILES string of the molecule is Nc1ccc(NCCN2CCCC2)c(Cl)c1. The monoisotopic (exact) mass is 239 g/mol. The van der Waals surface area contributed by atoms with Crippen LogP contribution in [-0.2, 0) is 0 Å². The minimum Gasteiger partial charge on any atom is -0.399 e. The van der Waals surface area contributed by atoms with Crippen LogP contribution in [-0.4, -0.2) is 31.1 Å². The molecule has 0 aromatic heterocycles. The molecule has 1 saturated heterocycles. The van der Waals surface area contributed by atoms with Crippen LogP contribution in [0.4, 0.5) is 11.4 Å². The van der Waals surface area contributed by atoms with E-state index in [1.165, 1.54) is 25.9 Å². The van der Waals surface area contributed by atoms with E-state index in [9.17, 15) is 0 Å². The standard InChI is InChI=1S/C12H18ClN3/c13-11-9-10(14)3-4-12(11)15-5-8-16-6-1-2-7-16/h3-4,9,15H,1-2,5-8,14H2. The molecule has 0 radical (unpaired) electrons. The summed E-state index contributed by atoms with van der Waals surface area (Å²) >= 11 is 6.07. The van der Waals surface area contributed by atoms with E-state index < -0.39 is 0 Å². The molecule has 0 aliphatic carbocycles. The molecular weight excluding hydrogens is 222 g/mol. The fourth-order valence-electron chi connectivity index (χ4n) is 2.03. The van der Waals surface area contributed by atoms with Gasteiger partial charge in [-0.05, 0) is 44.1 Å². The van der Waals surface area contributed by atoms with Crippen molar-refractivity contribution in [2.75, 3.05) is 37.2 Å². The normalized spacial score (nSPS) is 16.6. The Hall–Kier alpha value is -0.930. The predicted octanol–water partition coefficient (Wildman–Crippen LogP) is 2.43. The molecule has 3 nitrogen and oxygen atoms in total. The number of nitrogens with two attached hydrogens (primary N) is 1. The summed E-state index contributed by atoms with van der Waals surface area (Å²) in [6, 6.07) is 5.57. The van der Waals surface area contributed by atoms with Crippen LogP contribution >= 0.6 is 11.6 Å². The largest absolute Gasteiger partial charge is 0.399 e. The second kappa shape index (κ2) is 5.41. The number of nitrogens with one attached hydrogen (secondary N) is 1. The van der Waals surface area contributed by atoms with Gasteiger partial charge in [0.2, 0.25) is 0 Å². The van der Waals surface area contributed by atoms with Gasteiger partial charge in [0.25, 0.3) is 0 Å². The van der Waals surface area contributed by atoms with Gasteiger partial charge in [-0.15, -0.1) is 0 Å². The van der Waals surface area contributed by atoms with Crippen molar-refractivity contribution in [1.82, 2.24) is 4.90 Å². The van der Waals surface area contributed by atoms with E-state index >= 15 is 0 Å². The number of anilines is 2. The highest BCUT2D eigenvalue weighted by molar-refractivity contribution is 6.33. The van der Waals surface area contributed by atoms with Gasteiger partial charge in [-0.2, -0.15) is 0 Å². The average molecular weight is 240 g/mol. The van der Waals surface area contributed by atoms with Crippen molar-refractivity contribution in [2.24, 2.45) is 0 Å². The summed E-state index contributed by atoms with van der Waals surface area (Å²) in [5.41, 5.74) is 7.31. The zero-order valence-corrected chi connectivity index (χ0v) is 10.1. The zero-order chi connectivity index (χ0) is 11.4. The molecule has 1 fully saturated rings. The van der Waals surface area contributed by atoms with Crippen molar-refractivity contribution in [3.8, 4) is 0 Å². The molecule has 3 N–H and O–H groups in total. The number of likely N-dealkylation sites (tertiary alicyclic amines) is 1. The Morgan fingerprint density at radius 1 is 1.31 bits per heavy atom. The van der Waals surface area contributed by atoms with E-state index in [1.807, 2.05) is 12.1 Å². The minimum atomic E-state index is 0.696. The van der Waals surface area contributed by atoms with Gasteiger partial charge >= 0.3 is 0 Å². The first-order valence-corrected chi connectivity index (χ1v) is 6.15. The van der Waals surface area contributed by atoms with Gasteiger partial charge < -0.3 is 16.0 Å². The first kappa shape index (κ1) is 11.6. The second-order valence-electron chi connectivity index (χ2n) is 4.21. The van der Waals surface area contributed by atoms with Crippen molar-refractivity contribution in [3.63, 3.8) is 0 Å². The third-order valence-electron chi connectivity index (χ3n) is 2.94. The molecule has 0 amide bonds. The average Bonchev–Trinajstić information content (AvgIpc) is 2.74. The van der Waals surface area contributed by atoms with Crippen molar-refractivity contribution in [3.05, 3.63) is 23.2 Å². The van der Waals surface area contributed by atoms with Gasteiger partial charge in [-0.25, -0.2) is 0 Å². The Bertz CT molecular complexity index is 348.